The number of piperazine rings is 1. The van der Waals surface area contributed by atoms with Crippen LogP contribution >= 0.6 is 24.0 Å². The summed E-state index contributed by atoms with van der Waals surface area (Å²) in [7, 11) is 0. The summed E-state index contributed by atoms with van der Waals surface area (Å²) in [5.74, 6) is 1.36. The molecule has 2 aromatic heterocycles. The number of hydrogen-bond acceptors (Lipinski definition) is 5. The molecule has 1 aliphatic heterocycles. The third-order valence-corrected chi connectivity index (χ3v) is 4.79. The van der Waals surface area contributed by atoms with Crippen LogP contribution in [0.4, 0.5) is 5.95 Å². The van der Waals surface area contributed by atoms with E-state index in [1.54, 1.807) is 18.6 Å². The normalized spacial score (nSPS) is 14.6. The topological polar surface area (TPSA) is 88.5 Å². The molecule has 3 aromatic rings. The molecule has 0 spiro atoms. The van der Waals surface area contributed by atoms with Gasteiger partial charge in [0.15, 0.2) is 5.96 Å². The van der Waals surface area contributed by atoms with Crippen molar-refractivity contribution in [2.75, 3.05) is 31.1 Å². The molecule has 0 atom stereocenters. The van der Waals surface area contributed by atoms with Crippen LogP contribution < -0.4 is 10.6 Å². The minimum Gasteiger partial charge on any atom is -0.370 e. The first-order valence-corrected chi connectivity index (χ1v) is 9.40. The number of anilines is 1. The number of halogens is 1. The van der Waals surface area contributed by atoms with Crippen LogP contribution in [0.1, 0.15) is 11.1 Å². The lowest BCUT2D eigenvalue weighted by molar-refractivity contribution is 0.378. The van der Waals surface area contributed by atoms with Gasteiger partial charge in [-0.1, -0.05) is 24.3 Å². The Hall–Kier alpha value is -2.69. The van der Waals surface area contributed by atoms with Gasteiger partial charge < -0.3 is 15.5 Å². The van der Waals surface area contributed by atoms with Crippen molar-refractivity contribution in [3.63, 3.8) is 0 Å². The highest BCUT2D eigenvalue weighted by molar-refractivity contribution is 14.0. The van der Waals surface area contributed by atoms with Gasteiger partial charge in [0.1, 0.15) is 0 Å². The van der Waals surface area contributed by atoms with Crippen LogP contribution in [0.2, 0.25) is 0 Å². The Bertz CT molecular complexity index is 888. The van der Waals surface area contributed by atoms with E-state index in [0.717, 1.165) is 44.2 Å². The van der Waals surface area contributed by atoms with E-state index < -0.39 is 0 Å². The predicted molar refractivity (Wildman–Crippen MR) is 124 cm³/mol. The average Bonchev–Trinajstić information content (AvgIpc) is 3.27. The fourth-order valence-corrected chi connectivity index (χ4v) is 3.19. The number of guanidine groups is 1. The number of aromatic nitrogens is 4. The standard InChI is InChI=1S/C20H24N8.HI/c21-19(26-11-13-27(14-12-26)20-22-7-1-8-23-20)24-15-17-3-5-18(6-4-17)16-28-10-2-9-25-28;/h1-10H,11-16H2,(H2,21,24);1H. The van der Waals surface area contributed by atoms with Crippen LogP contribution in [-0.4, -0.2) is 56.8 Å². The second-order valence-electron chi connectivity index (χ2n) is 6.72. The molecule has 9 heteroatoms. The van der Waals surface area contributed by atoms with Crippen molar-refractivity contribution in [1.29, 1.82) is 0 Å². The molecule has 1 fully saturated rings. The molecule has 0 radical (unpaired) electrons. The summed E-state index contributed by atoms with van der Waals surface area (Å²) in [4.78, 5) is 17.5. The lowest BCUT2D eigenvalue weighted by atomic mass is 10.1. The van der Waals surface area contributed by atoms with Crippen molar-refractivity contribution in [1.82, 2.24) is 24.6 Å². The molecule has 3 heterocycles. The third-order valence-electron chi connectivity index (χ3n) is 4.79. The van der Waals surface area contributed by atoms with Crippen LogP contribution in [-0.2, 0) is 13.1 Å². The maximum Gasteiger partial charge on any atom is 0.225 e. The lowest BCUT2D eigenvalue weighted by Gasteiger charge is -2.35. The van der Waals surface area contributed by atoms with Gasteiger partial charge in [0.2, 0.25) is 5.95 Å². The molecule has 0 aliphatic carbocycles. The van der Waals surface area contributed by atoms with Crippen LogP contribution in [0.5, 0.6) is 0 Å². The van der Waals surface area contributed by atoms with Gasteiger partial charge in [-0.25, -0.2) is 15.0 Å². The largest absolute Gasteiger partial charge is 0.370 e. The Kier molecular flexibility index (Phi) is 7.39. The molecule has 0 amide bonds. The van der Waals surface area contributed by atoms with Crippen LogP contribution in [0.15, 0.2) is 66.2 Å². The van der Waals surface area contributed by atoms with E-state index in [9.17, 15) is 0 Å². The molecule has 8 nitrogen and oxygen atoms in total. The van der Waals surface area contributed by atoms with E-state index in [1.807, 2.05) is 23.0 Å². The second kappa shape index (κ2) is 10.2. The Balaban J connectivity index is 0.00000240. The van der Waals surface area contributed by atoms with Crippen molar-refractivity contribution in [3.8, 4) is 0 Å². The molecule has 1 saturated heterocycles. The SMILES string of the molecule is I.NC(=NCc1ccc(Cn2cccn2)cc1)N1CCN(c2ncccn2)CC1. The zero-order chi connectivity index (χ0) is 19.2. The first-order chi connectivity index (χ1) is 13.8. The molecular weight excluding hydrogens is 479 g/mol. The summed E-state index contributed by atoms with van der Waals surface area (Å²) in [6.45, 7) is 4.65. The van der Waals surface area contributed by atoms with Crippen LogP contribution in [0.25, 0.3) is 0 Å². The van der Waals surface area contributed by atoms with Crippen molar-refractivity contribution in [3.05, 3.63) is 72.3 Å². The summed E-state index contributed by atoms with van der Waals surface area (Å²) < 4.78 is 1.91. The molecule has 2 N–H and O–H groups in total. The summed E-state index contributed by atoms with van der Waals surface area (Å²) in [5, 5.41) is 4.23. The van der Waals surface area contributed by atoms with Crippen molar-refractivity contribution >= 4 is 35.9 Å². The summed E-state index contributed by atoms with van der Waals surface area (Å²) >= 11 is 0. The number of nitrogens with zero attached hydrogens (tertiary/aromatic N) is 7. The summed E-state index contributed by atoms with van der Waals surface area (Å²) in [5.41, 5.74) is 8.57. The zero-order valence-corrected chi connectivity index (χ0v) is 18.5. The number of nitrogens with two attached hydrogens (primary N) is 1. The quantitative estimate of drug-likeness (QED) is 0.325. The molecular formula is C20H25IN8. The highest BCUT2D eigenvalue weighted by atomic mass is 127. The molecule has 0 bridgehead atoms. The van der Waals surface area contributed by atoms with E-state index in [-0.39, 0.29) is 24.0 Å². The fraction of sp³-hybridized carbons (Fsp3) is 0.300. The molecule has 29 heavy (non-hydrogen) atoms. The number of benzene rings is 1. The molecule has 0 saturated carbocycles. The van der Waals surface area contributed by atoms with Gasteiger partial charge in [-0.05, 0) is 23.3 Å². The van der Waals surface area contributed by atoms with Crippen molar-refractivity contribution in [2.45, 2.75) is 13.1 Å². The molecule has 0 unspecified atom stereocenters. The number of rotatable bonds is 5. The van der Waals surface area contributed by atoms with Crippen molar-refractivity contribution < 1.29 is 0 Å². The highest BCUT2D eigenvalue weighted by Crippen LogP contribution is 2.11. The summed E-state index contributed by atoms with van der Waals surface area (Å²) in [6.07, 6.45) is 7.29. The van der Waals surface area contributed by atoms with Gasteiger partial charge in [-0.2, -0.15) is 5.10 Å². The molecule has 152 valence electrons. The van der Waals surface area contributed by atoms with Gasteiger partial charge >= 0.3 is 0 Å². The predicted octanol–water partition coefficient (Wildman–Crippen LogP) is 1.98. The number of hydrogen-bond donors (Lipinski definition) is 1. The van der Waals surface area contributed by atoms with Crippen LogP contribution in [0, 0.1) is 0 Å². The molecule has 4 rings (SSSR count). The first kappa shape index (κ1) is 21.0. The molecule has 1 aromatic carbocycles. The Morgan fingerprint density at radius 1 is 0.931 bits per heavy atom. The van der Waals surface area contributed by atoms with Gasteiger partial charge in [0, 0.05) is 51.0 Å². The minimum absolute atomic E-state index is 0. The second-order valence-corrected chi connectivity index (χ2v) is 6.72. The maximum atomic E-state index is 6.22. The Morgan fingerprint density at radius 2 is 1.62 bits per heavy atom. The third kappa shape index (κ3) is 5.66. The fourth-order valence-electron chi connectivity index (χ4n) is 3.19. The monoisotopic (exact) mass is 504 g/mol. The summed E-state index contributed by atoms with van der Waals surface area (Å²) in [6, 6.07) is 12.2. The van der Waals surface area contributed by atoms with E-state index in [0.29, 0.717) is 12.5 Å². The van der Waals surface area contributed by atoms with Gasteiger partial charge in [0.05, 0.1) is 13.1 Å². The zero-order valence-electron chi connectivity index (χ0n) is 16.1. The lowest BCUT2D eigenvalue weighted by Crippen LogP contribution is -2.51. The molecule has 1 aliphatic rings. The van der Waals surface area contributed by atoms with E-state index in [1.165, 1.54) is 5.56 Å². The van der Waals surface area contributed by atoms with E-state index in [2.05, 4.69) is 54.1 Å². The Labute approximate surface area is 187 Å². The number of aliphatic imine (C=N–C) groups is 1. The van der Waals surface area contributed by atoms with Gasteiger partial charge in [-0.15, -0.1) is 24.0 Å². The highest BCUT2D eigenvalue weighted by Gasteiger charge is 2.19. The average molecular weight is 504 g/mol. The van der Waals surface area contributed by atoms with Crippen molar-refractivity contribution in [2.24, 2.45) is 10.7 Å². The minimum atomic E-state index is 0. The van der Waals surface area contributed by atoms with Gasteiger partial charge in [0.25, 0.3) is 0 Å². The first-order valence-electron chi connectivity index (χ1n) is 9.40. The van der Waals surface area contributed by atoms with E-state index in [4.69, 9.17) is 5.73 Å². The van der Waals surface area contributed by atoms with Crippen LogP contribution in [0.3, 0.4) is 0 Å². The smallest absolute Gasteiger partial charge is 0.225 e. The van der Waals surface area contributed by atoms with Gasteiger partial charge in [-0.3, -0.25) is 4.68 Å². The Morgan fingerprint density at radius 3 is 2.28 bits per heavy atom. The maximum absolute atomic E-state index is 6.22. The van der Waals surface area contributed by atoms with E-state index >= 15 is 0 Å².